The minimum absolute atomic E-state index is 0.0106. The number of fused-ring (bicyclic) bond motifs is 2. The summed E-state index contributed by atoms with van der Waals surface area (Å²) < 4.78 is 104. The van der Waals surface area contributed by atoms with Crippen LogP contribution in [0.5, 0.6) is 40.2 Å². The Morgan fingerprint density at radius 1 is 0.366 bits per heavy atom. The van der Waals surface area contributed by atoms with Crippen LogP contribution in [0.4, 0.5) is 4.39 Å². The molecule has 29 nitrogen and oxygen atoms in total. The van der Waals surface area contributed by atoms with Gasteiger partial charge in [0.2, 0.25) is 0 Å². The number of hydrogen-bond donors (Lipinski definition) is 0. The number of unbranched alkanes of at least 4 members (excludes halogenated alkanes) is 11. The Balaban J connectivity index is 0.000000272. The molecule has 0 amide bonds. The van der Waals surface area contributed by atoms with Gasteiger partial charge >= 0.3 is 53.7 Å². The summed E-state index contributed by atoms with van der Waals surface area (Å²) in [6, 6.07) is 30.9. The molecular formula is C111H146FNO28S. The smallest absolute Gasteiger partial charge is 0.338 e. The Hall–Kier alpha value is -12.4. The van der Waals surface area contributed by atoms with Crippen molar-refractivity contribution in [3.8, 4) is 51.0 Å². The van der Waals surface area contributed by atoms with E-state index in [0.717, 1.165) is 150 Å². The SMILES string of the molecule is C=CC(=O)OCCCCCCC1CCC(OC)CC1.C=CC(=O)OCCCCCCOC(=O)c1ccc(OC)cc1.C=CC(=O)OCCCCCCOc1ccc(OC)cc1.C=CC(=O)OCCCCOC(=O)C1CCC(OC)CC1.C=CC(=O)OCCCCOc1ccc(OC)cc1.CC(=O)C1CCC(C(=O)Oc2ccc(OC(=O)C3CCC(C(C)=O)CC3)c3sc(-c4cc5cc(F)ccc5o4)nc23)CC1. The number of nitrogens with zero attached hydrogens (tertiary/aromatic N) is 1. The number of hydrogen-bond acceptors (Lipinski definition) is 30. The van der Waals surface area contributed by atoms with E-state index < -0.39 is 11.9 Å². The number of thiazole rings is 1. The highest BCUT2D eigenvalue weighted by Crippen LogP contribution is 2.44. The molecule has 0 spiro atoms. The number of benzene rings is 5. The monoisotopic (exact) mass is 1990 g/mol. The van der Waals surface area contributed by atoms with Crippen LogP contribution in [-0.2, 0) is 90.6 Å². The highest BCUT2D eigenvalue weighted by molar-refractivity contribution is 7.22. The van der Waals surface area contributed by atoms with Crippen LogP contribution in [0.15, 0.2) is 177 Å². The van der Waals surface area contributed by atoms with Crippen molar-refractivity contribution in [2.75, 3.05) is 95.0 Å². The summed E-state index contributed by atoms with van der Waals surface area (Å²) in [4.78, 5) is 132. The zero-order valence-corrected chi connectivity index (χ0v) is 84.6. The minimum Gasteiger partial charge on any atom is -0.497 e. The Morgan fingerprint density at radius 3 is 1.11 bits per heavy atom. The average Bonchev–Trinajstić information content (AvgIpc) is 1.62. The van der Waals surface area contributed by atoms with Gasteiger partial charge in [-0.1, -0.05) is 58.6 Å². The molecule has 142 heavy (non-hydrogen) atoms. The number of carbonyl (C=O) groups excluding carboxylic acids is 11. The van der Waals surface area contributed by atoms with Gasteiger partial charge in [0, 0.05) is 61.8 Å². The fourth-order valence-corrected chi connectivity index (χ4v) is 16.9. The first kappa shape index (κ1) is 118. The lowest BCUT2D eigenvalue weighted by atomic mass is 9.80. The van der Waals surface area contributed by atoms with Crippen molar-refractivity contribution in [2.24, 2.45) is 35.5 Å². The fourth-order valence-electron chi connectivity index (χ4n) is 16.0. The van der Waals surface area contributed by atoms with Crippen LogP contribution >= 0.6 is 11.3 Å². The first-order valence-corrected chi connectivity index (χ1v) is 50.2. The van der Waals surface area contributed by atoms with Crippen LogP contribution in [0.2, 0.25) is 0 Å². The number of esters is 9. The van der Waals surface area contributed by atoms with Gasteiger partial charge in [-0.25, -0.2) is 38.1 Å². The highest BCUT2D eigenvalue weighted by atomic mass is 32.1. The first-order chi connectivity index (χ1) is 68.8. The molecule has 0 aliphatic heterocycles. The van der Waals surface area contributed by atoms with Crippen molar-refractivity contribution in [2.45, 2.75) is 238 Å². The van der Waals surface area contributed by atoms with Crippen LogP contribution < -0.4 is 33.2 Å². The third kappa shape index (κ3) is 46.6. The highest BCUT2D eigenvalue weighted by Gasteiger charge is 2.34. The van der Waals surface area contributed by atoms with Crippen molar-refractivity contribution in [1.82, 2.24) is 4.98 Å². The second-order valence-corrected chi connectivity index (χ2v) is 35.7. The third-order valence-corrected chi connectivity index (χ3v) is 25.6. The van der Waals surface area contributed by atoms with Crippen molar-refractivity contribution in [3.63, 3.8) is 0 Å². The summed E-state index contributed by atoms with van der Waals surface area (Å²) in [6.45, 7) is 24.0. The van der Waals surface area contributed by atoms with E-state index >= 15 is 0 Å². The van der Waals surface area contributed by atoms with Crippen molar-refractivity contribution >= 4 is 97.8 Å². The van der Waals surface area contributed by atoms with Crippen molar-refractivity contribution in [1.29, 1.82) is 0 Å². The molecule has 0 atom stereocenters. The molecule has 0 unspecified atom stereocenters. The van der Waals surface area contributed by atoms with E-state index in [-0.39, 0.29) is 94.5 Å². The van der Waals surface area contributed by atoms with Gasteiger partial charge in [-0.3, -0.25) is 24.0 Å². The molecule has 0 radical (unpaired) electrons. The lowest BCUT2D eigenvalue weighted by molar-refractivity contribution is -0.151. The van der Waals surface area contributed by atoms with Gasteiger partial charge in [0.25, 0.3) is 0 Å². The van der Waals surface area contributed by atoms with E-state index in [1.54, 1.807) is 90.8 Å². The lowest BCUT2D eigenvalue weighted by Crippen LogP contribution is -2.28. The number of furan rings is 1. The summed E-state index contributed by atoms with van der Waals surface area (Å²) in [6.07, 6.45) is 36.6. The average molecular weight is 1990 g/mol. The summed E-state index contributed by atoms with van der Waals surface area (Å²) in [5, 5.41) is 1.03. The number of halogens is 1. The zero-order chi connectivity index (χ0) is 103. The zero-order valence-electron chi connectivity index (χ0n) is 83.8. The van der Waals surface area contributed by atoms with E-state index in [0.29, 0.717) is 185 Å². The van der Waals surface area contributed by atoms with Gasteiger partial charge in [0.1, 0.15) is 61.9 Å². The lowest BCUT2D eigenvalue weighted by Gasteiger charge is -2.27. The molecule has 0 N–H and O–H groups in total. The van der Waals surface area contributed by atoms with Gasteiger partial charge in [0.15, 0.2) is 22.3 Å². The van der Waals surface area contributed by atoms with Gasteiger partial charge in [-0.05, 0) is 315 Å². The van der Waals surface area contributed by atoms with Gasteiger partial charge < -0.3 is 80.2 Å². The maximum Gasteiger partial charge on any atom is 0.338 e. The van der Waals surface area contributed by atoms with Gasteiger partial charge in [-0.15, -0.1) is 11.3 Å². The van der Waals surface area contributed by atoms with E-state index in [1.165, 1.54) is 80.6 Å². The molecule has 31 heteroatoms. The van der Waals surface area contributed by atoms with E-state index in [1.807, 2.05) is 55.6 Å². The molecule has 2 heterocycles. The molecule has 7 aromatic rings. The van der Waals surface area contributed by atoms with Crippen LogP contribution in [-0.4, -0.2) is 177 Å². The maximum absolute atomic E-state index is 13.8. The number of methoxy groups -OCH3 is 5. The fraction of sp³-hybridized carbons (Fsp3) is 0.514. The normalized spacial score (nSPS) is 17.1. The molecule has 2 aromatic heterocycles. The molecule has 4 fully saturated rings. The van der Waals surface area contributed by atoms with Gasteiger partial charge in [0.05, 0.1) is 116 Å². The molecule has 4 saturated carbocycles. The predicted octanol–water partition coefficient (Wildman–Crippen LogP) is 22.7. The standard InChI is InChI=1S/C33H32FNO7S.C17H22O5.C16H22O4.C16H28O3.C15H24O5.C14H18O4/c1-17(36)19-3-7-21(8-4-19)32(38)41-26-13-14-27(42-33(39)22-9-5-20(6-10-22)18(2)37)30-29(26)35-31(43-30)28-16-23-15-24(34)11-12-25(23)40-28;1-3-16(18)21-12-6-4-5-7-13-22-17(19)14-8-10-15(20-2)11-9-14;1-3-16(17)20-13-7-5-4-6-12-19-15-10-8-14(18-2)9-11-15;1-3-16(17)19-13-7-5-4-6-8-14-9-11-15(18-2)12-10-14;1-3-14(16)19-10-4-5-11-20-15(17)12-6-8-13(18-2)9-7-12;1-3-14(15)18-11-5-4-10-17-13-8-6-12(16-2)7-9-13/h11-16,19-22H,3-10H2,1-2H3;3,8-11H,1,4-7,12-13H2,2H3;3,8-11H,1,4-7,12-13H2,2H3;3,14-15H,1,4-13H2,2H3;3,12-13H,1,4-11H2,2H3;3,6-9H,1,4-5,10-11H2,2H3. The van der Waals surface area contributed by atoms with Crippen LogP contribution in [0.1, 0.15) is 236 Å². The second kappa shape index (κ2) is 69.5. The topological polar surface area (TPSA) is 361 Å². The van der Waals surface area contributed by atoms with Crippen molar-refractivity contribution < 1.29 is 137 Å². The molecule has 11 rings (SSSR count). The molecule has 0 saturated heterocycles. The summed E-state index contributed by atoms with van der Waals surface area (Å²) in [5.74, 6) is 2.04. The predicted molar refractivity (Wildman–Crippen MR) is 539 cm³/mol. The largest absolute Gasteiger partial charge is 0.497 e. The number of carbonyl (C=O) groups is 11. The van der Waals surface area contributed by atoms with E-state index in [9.17, 15) is 57.1 Å². The van der Waals surface area contributed by atoms with Gasteiger partial charge in [-0.2, -0.15) is 0 Å². The summed E-state index contributed by atoms with van der Waals surface area (Å²) >= 11 is 1.22. The Kier molecular flexibility index (Phi) is 57.9. The number of aromatic nitrogens is 1. The molecular weight excluding hydrogens is 1850 g/mol. The van der Waals surface area contributed by atoms with Crippen LogP contribution in [0.3, 0.4) is 0 Å². The Bertz CT molecular complexity index is 4910. The molecule has 4 aliphatic rings. The number of ether oxygens (including phenoxy) is 16. The quantitative estimate of drug-likeness (QED) is 0.0112. The van der Waals surface area contributed by atoms with E-state index in [4.69, 9.17) is 85.2 Å². The first-order valence-electron chi connectivity index (χ1n) is 49.4. The van der Waals surface area contributed by atoms with Crippen LogP contribution in [0.25, 0.3) is 32.0 Å². The van der Waals surface area contributed by atoms with Crippen molar-refractivity contribution in [3.05, 3.63) is 184 Å². The number of ketones is 2. The summed E-state index contributed by atoms with van der Waals surface area (Å²) in [7, 11) is 8.38. The molecule has 4 aliphatic carbocycles. The second-order valence-electron chi connectivity index (χ2n) is 34.7. The summed E-state index contributed by atoms with van der Waals surface area (Å²) in [5.41, 5.74) is 1.36. The molecule has 776 valence electrons. The maximum atomic E-state index is 13.8. The minimum atomic E-state index is -0.420. The Morgan fingerprint density at radius 2 is 0.704 bits per heavy atom. The molecule has 5 aromatic carbocycles. The third-order valence-electron chi connectivity index (χ3n) is 24.5. The molecule has 0 bridgehead atoms. The van der Waals surface area contributed by atoms with Crippen LogP contribution in [0, 0.1) is 41.3 Å². The number of rotatable bonds is 52. The Labute approximate surface area is 838 Å². The number of Topliss-reactive ketones (excluding diaryl/α,β-unsaturated/α-hetero) is 2. The van der Waals surface area contributed by atoms with E-state index in [2.05, 4.69) is 32.9 Å².